The van der Waals surface area contributed by atoms with Gasteiger partial charge in [0.05, 0.1) is 5.52 Å². The van der Waals surface area contributed by atoms with Gasteiger partial charge in [-0.05, 0) is 66.4 Å². The molecule has 3 N–H and O–H groups in total. The molecule has 7 heteroatoms. The molecule has 2 amide bonds. The van der Waals surface area contributed by atoms with Gasteiger partial charge in [0.15, 0.2) is 0 Å². The zero-order valence-corrected chi connectivity index (χ0v) is 19.8. The average molecular weight is 508 g/mol. The third-order valence-corrected chi connectivity index (χ3v) is 6.10. The highest BCUT2D eigenvalue weighted by Crippen LogP contribution is 2.28. The van der Waals surface area contributed by atoms with Crippen LogP contribution in [0.4, 0.5) is 4.39 Å². The monoisotopic (exact) mass is 507 g/mol. The van der Waals surface area contributed by atoms with Crippen LogP contribution in [-0.4, -0.2) is 30.4 Å². The van der Waals surface area contributed by atoms with Gasteiger partial charge >= 0.3 is 0 Å². The smallest absolute Gasteiger partial charge is 0.251 e. The highest BCUT2D eigenvalue weighted by molar-refractivity contribution is 9.10. The van der Waals surface area contributed by atoms with E-state index < -0.39 is 0 Å². The normalized spacial score (nSPS) is 10.9. The Kier molecular flexibility index (Phi) is 6.60. The topological polar surface area (TPSA) is 74.0 Å². The molecule has 5 nitrogen and oxygen atoms in total. The molecule has 1 heterocycles. The lowest BCUT2D eigenvalue weighted by molar-refractivity contribution is 0.0949. The lowest BCUT2D eigenvalue weighted by Crippen LogP contribution is -2.25. The summed E-state index contributed by atoms with van der Waals surface area (Å²) >= 11 is 3.34. The third-order valence-electron chi connectivity index (χ3n) is 5.64. The Bertz CT molecular complexity index is 1350. The number of hydrogen-bond donors (Lipinski definition) is 3. The number of aryl methyl sites for hydroxylation is 1. The highest BCUT2D eigenvalue weighted by Gasteiger charge is 2.14. The molecule has 0 bridgehead atoms. The van der Waals surface area contributed by atoms with Gasteiger partial charge in [0.1, 0.15) is 5.82 Å². The first-order chi connectivity index (χ1) is 15.9. The van der Waals surface area contributed by atoms with E-state index in [1.807, 2.05) is 43.3 Å². The summed E-state index contributed by atoms with van der Waals surface area (Å²) in [6.45, 7) is 2.33. The number of fused-ring (bicyclic) bond motifs is 1. The first-order valence-electron chi connectivity index (χ1n) is 10.5. The van der Waals surface area contributed by atoms with Crippen LogP contribution in [0.15, 0.2) is 65.1 Å². The van der Waals surface area contributed by atoms with Crippen LogP contribution in [0.25, 0.3) is 22.0 Å². The number of aromatic nitrogens is 1. The van der Waals surface area contributed by atoms with Gasteiger partial charge in [-0.2, -0.15) is 0 Å². The number of amides is 2. The molecule has 0 radical (unpaired) electrons. The average Bonchev–Trinajstić information content (AvgIpc) is 3.14. The maximum absolute atomic E-state index is 14.2. The van der Waals surface area contributed by atoms with E-state index in [-0.39, 0.29) is 17.6 Å². The third kappa shape index (κ3) is 4.83. The maximum atomic E-state index is 14.2. The first-order valence-corrected chi connectivity index (χ1v) is 11.3. The minimum Gasteiger partial charge on any atom is -0.356 e. The van der Waals surface area contributed by atoms with E-state index in [4.69, 9.17) is 0 Å². The predicted octanol–water partition coefficient (Wildman–Crippen LogP) is 5.38. The fourth-order valence-corrected chi connectivity index (χ4v) is 4.36. The minimum atomic E-state index is -0.307. The van der Waals surface area contributed by atoms with Gasteiger partial charge in [-0.3, -0.25) is 9.59 Å². The molecule has 0 aliphatic rings. The van der Waals surface area contributed by atoms with E-state index >= 15 is 0 Å². The van der Waals surface area contributed by atoms with Crippen LogP contribution in [0, 0.1) is 12.7 Å². The summed E-state index contributed by atoms with van der Waals surface area (Å²) in [5, 5.41) is 6.37. The van der Waals surface area contributed by atoms with Crippen molar-refractivity contribution in [3.05, 3.63) is 93.3 Å². The van der Waals surface area contributed by atoms with Crippen LogP contribution in [0.3, 0.4) is 0 Å². The second kappa shape index (κ2) is 9.58. The largest absolute Gasteiger partial charge is 0.356 e. The van der Waals surface area contributed by atoms with E-state index in [0.29, 0.717) is 34.1 Å². The van der Waals surface area contributed by atoms with Gasteiger partial charge in [-0.15, -0.1) is 0 Å². The molecule has 0 spiro atoms. The number of H-pyrrole nitrogens is 1. The maximum Gasteiger partial charge on any atom is 0.251 e. The van der Waals surface area contributed by atoms with Gasteiger partial charge in [0, 0.05) is 40.3 Å². The number of halogens is 2. The molecule has 0 aliphatic heterocycles. The first kappa shape index (κ1) is 22.7. The molecule has 0 saturated carbocycles. The number of carbonyl (C=O) groups is 2. The fraction of sp³-hybridized carbons (Fsp3) is 0.154. The number of benzene rings is 3. The summed E-state index contributed by atoms with van der Waals surface area (Å²) < 4.78 is 14.9. The molecule has 0 saturated heterocycles. The van der Waals surface area contributed by atoms with Crippen LogP contribution >= 0.6 is 15.9 Å². The molecule has 0 unspecified atom stereocenters. The molecule has 3 aromatic carbocycles. The summed E-state index contributed by atoms with van der Waals surface area (Å²) in [6.07, 6.45) is 0.581. The minimum absolute atomic E-state index is 0.145. The van der Waals surface area contributed by atoms with E-state index in [1.54, 1.807) is 25.2 Å². The number of carbonyl (C=O) groups excluding carboxylic acids is 2. The van der Waals surface area contributed by atoms with Crippen molar-refractivity contribution in [3.8, 4) is 11.1 Å². The number of aromatic amines is 1. The number of hydrogen-bond acceptors (Lipinski definition) is 2. The Morgan fingerprint density at radius 1 is 0.970 bits per heavy atom. The molecular weight excluding hydrogens is 485 g/mol. The zero-order valence-electron chi connectivity index (χ0n) is 18.3. The summed E-state index contributed by atoms with van der Waals surface area (Å²) in [5.74, 6) is -0.627. The molecule has 4 aromatic rings. The molecule has 1 aromatic heterocycles. The second-order valence-corrected chi connectivity index (χ2v) is 8.70. The molecular formula is C26H23BrFN3O2. The lowest BCUT2D eigenvalue weighted by Gasteiger charge is -2.08. The molecule has 0 aliphatic carbocycles. The van der Waals surface area contributed by atoms with Gasteiger partial charge in [0.25, 0.3) is 11.8 Å². The van der Waals surface area contributed by atoms with Crippen LogP contribution in [0.2, 0.25) is 0 Å². The highest BCUT2D eigenvalue weighted by atomic mass is 79.9. The van der Waals surface area contributed by atoms with Crippen molar-refractivity contribution >= 4 is 38.6 Å². The molecule has 0 atom stereocenters. The van der Waals surface area contributed by atoms with Crippen molar-refractivity contribution < 1.29 is 14.0 Å². The van der Waals surface area contributed by atoms with E-state index in [1.165, 1.54) is 6.07 Å². The molecule has 4 rings (SSSR count). The predicted molar refractivity (Wildman–Crippen MR) is 132 cm³/mol. The second-order valence-electron chi connectivity index (χ2n) is 7.78. The lowest BCUT2D eigenvalue weighted by atomic mass is 10.0. The Morgan fingerprint density at radius 3 is 2.45 bits per heavy atom. The van der Waals surface area contributed by atoms with Crippen LogP contribution in [0.1, 0.15) is 32.0 Å². The summed E-state index contributed by atoms with van der Waals surface area (Å²) in [5.41, 5.74) is 5.29. The Balaban J connectivity index is 1.43. The van der Waals surface area contributed by atoms with Crippen LogP contribution in [-0.2, 0) is 6.42 Å². The molecule has 33 heavy (non-hydrogen) atoms. The van der Waals surface area contributed by atoms with E-state index in [0.717, 1.165) is 27.8 Å². The summed E-state index contributed by atoms with van der Waals surface area (Å²) in [7, 11) is 1.60. The number of rotatable bonds is 6. The standard InChI is InChI=1S/C26H23BrFN3O2/c1-15-21(22-13-20(27)14-23(28)24(22)31-15)10-11-30-26(33)17-8-6-16(7-9-17)18-4-3-5-19(12-18)25(32)29-2/h3-9,12-14,31H,10-11H2,1-2H3,(H,29,32)(H,30,33). The zero-order chi connectivity index (χ0) is 23.5. The number of nitrogens with one attached hydrogen (secondary N) is 3. The van der Waals surface area contributed by atoms with Crippen molar-refractivity contribution in [1.29, 1.82) is 0 Å². The van der Waals surface area contributed by atoms with Gasteiger partial charge in [0.2, 0.25) is 0 Å². The van der Waals surface area contributed by atoms with Crippen molar-refractivity contribution in [2.24, 2.45) is 0 Å². The van der Waals surface area contributed by atoms with Crippen LogP contribution < -0.4 is 10.6 Å². The van der Waals surface area contributed by atoms with Gasteiger partial charge in [-0.1, -0.05) is 40.2 Å². The van der Waals surface area contributed by atoms with Crippen molar-refractivity contribution in [1.82, 2.24) is 15.6 Å². The van der Waals surface area contributed by atoms with Gasteiger partial charge in [-0.25, -0.2) is 4.39 Å². The molecule has 168 valence electrons. The quantitative estimate of drug-likeness (QED) is 0.327. The summed E-state index contributed by atoms with van der Waals surface area (Å²) in [6, 6.07) is 17.9. The Hall–Kier alpha value is -3.45. The van der Waals surface area contributed by atoms with Crippen LogP contribution in [0.5, 0.6) is 0 Å². The van der Waals surface area contributed by atoms with Crippen molar-refractivity contribution in [3.63, 3.8) is 0 Å². The van der Waals surface area contributed by atoms with Crippen molar-refractivity contribution in [2.75, 3.05) is 13.6 Å². The van der Waals surface area contributed by atoms with Gasteiger partial charge < -0.3 is 15.6 Å². The Labute approximate surface area is 199 Å². The molecule has 0 fully saturated rings. The summed E-state index contributed by atoms with van der Waals surface area (Å²) in [4.78, 5) is 27.6. The van der Waals surface area contributed by atoms with Crippen molar-refractivity contribution in [2.45, 2.75) is 13.3 Å². The SMILES string of the molecule is CNC(=O)c1cccc(-c2ccc(C(=O)NCCc3c(C)[nH]c4c(F)cc(Br)cc34)cc2)c1. The Morgan fingerprint density at radius 2 is 1.73 bits per heavy atom. The fourth-order valence-electron chi connectivity index (χ4n) is 3.93. The van der Waals surface area contributed by atoms with E-state index in [2.05, 4.69) is 31.5 Å². The van der Waals surface area contributed by atoms with E-state index in [9.17, 15) is 14.0 Å².